The molecule has 0 radical (unpaired) electrons. The maximum Gasteiger partial charge on any atom is 0.0407 e. The van der Waals surface area contributed by atoms with Crippen molar-refractivity contribution in [2.75, 3.05) is 18.0 Å². The van der Waals surface area contributed by atoms with Crippen LogP contribution in [0.2, 0.25) is 0 Å². The summed E-state index contributed by atoms with van der Waals surface area (Å²) in [6.45, 7) is 4.58. The maximum absolute atomic E-state index is 4.37. The lowest BCUT2D eigenvalue weighted by Crippen LogP contribution is -2.18. The molecule has 0 spiro atoms. The molecule has 1 fully saturated rings. The summed E-state index contributed by atoms with van der Waals surface area (Å²) in [6, 6.07) is 6.37. The van der Waals surface area contributed by atoms with E-state index < -0.39 is 0 Å². The number of benzene rings is 1. The largest absolute Gasteiger partial charge is 0.371 e. The van der Waals surface area contributed by atoms with Crippen LogP contribution in [0.4, 0.5) is 5.69 Å². The van der Waals surface area contributed by atoms with Gasteiger partial charge in [-0.05, 0) is 37.5 Å². The molecule has 13 heavy (non-hydrogen) atoms. The fraction of sp³-hybridized carbons (Fsp3) is 0.455. The van der Waals surface area contributed by atoms with Crippen LogP contribution in [0.1, 0.15) is 18.4 Å². The summed E-state index contributed by atoms with van der Waals surface area (Å²) < 4.78 is 0. The van der Waals surface area contributed by atoms with Gasteiger partial charge in [0.1, 0.15) is 0 Å². The normalized spacial score (nSPS) is 16.6. The highest BCUT2D eigenvalue weighted by molar-refractivity contribution is 7.80. The first kappa shape index (κ1) is 8.95. The number of hydrogen-bond donors (Lipinski definition) is 1. The fourth-order valence-corrected chi connectivity index (χ4v) is 2.09. The van der Waals surface area contributed by atoms with E-state index in [1.165, 1.54) is 37.2 Å². The Morgan fingerprint density at radius 2 is 1.92 bits per heavy atom. The topological polar surface area (TPSA) is 3.24 Å². The zero-order valence-corrected chi connectivity index (χ0v) is 8.85. The van der Waals surface area contributed by atoms with E-state index in [0.29, 0.717) is 0 Å². The second-order valence-electron chi connectivity index (χ2n) is 3.66. The van der Waals surface area contributed by atoms with E-state index in [1.807, 2.05) is 0 Å². The molecule has 1 aliphatic rings. The quantitative estimate of drug-likeness (QED) is 0.671. The van der Waals surface area contributed by atoms with Gasteiger partial charge in [0.2, 0.25) is 0 Å². The third kappa shape index (κ3) is 1.83. The molecule has 0 unspecified atom stereocenters. The lowest BCUT2D eigenvalue weighted by Gasteiger charge is -2.20. The number of hydrogen-bond acceptors (Lipinski definition) is 2. The Bertz CT molecular complexity index is 303. The Labute approximate surface area is 85.2 Å². The minimum absolute atomic E-state index is 1.06. The Morgan fingerprint density at radius 1 is 1.23 bits per heavy atom. The summed E-state index contributed by atoms with van der Waals surface area (Å²) in [6.07, 6.45) is 2.66. The van der Waals surface area contributed by atoms with Crippen LogP contribution < -0.4 is 4.90 Å². The Morgan fingerprint density at radius 3 is 2.62 bits per heavy atom. The predicted molar refractivity (Wildman–Crippen MR) is 59.9 cm³/mol. The van der Waals surface area contributed by atoms with Crippen LogP contribution >= 0.6 is 12.6 Å². The molecule has 0 aliphatic carbocycles. The number of anilines is 1. The van der Waals surface area contributed by atoms with Gasteiger partial charge < -0.3 is 4.90 Å². The van der Waals surface area contributed by atoms with Gasteiger partial charge in [0.25, 0.3) is 0 Å². The molecule has 0 N–H and O–H groups in total. The van der Waals surface area contributed by atoms with E-state index in [4.69, 9.17) is 0 Å². The second-order valence-corrected chi connectivity index (χ2v) is 4.18. The highest BCUT2D eigenvalue weighted by Crippen LogP contribution is 2.26. The lowest BCUT2D eigenvalue weighted by atomic mass is 10.2. The van der Waals surface area contributed by atoms with Crippen LogP contribution in [0.3, 0.4) is 0 Å². The molecule has 0 bridgehead atoms. The molecule has 1 saturated heterocycles. The molecule has 1 heterocycles. The highest BCUT2D eigenvalue weighted by Gasteiger charge is 2.13. The van der Waals surface area contributed by atoms with Crippen molar-refractivity contribution in [1.82, 2.24) is 0 Å². The van der Waals surface area contributed by atoms with Gasteiger partial charge >= 0.3 is 0 Å². The van der Waals surface area contributed by atoms with Crippen molar-refractivity contribution in [3.63, 3.8) is 0 Å². The van der Waals surface area contributed by atoms with Crippen LogP contribution in [0, 0.1) is 6.92 Å². The predicted octanol–water partition coefficient (Wildman–Crippen LogP) is 2.88. The SMILES string of the molecule is Cc1ccc(S)cc1N1CCCC1. The summed E-state index contributed by atoms with van der Waals surface area (Å²) in [5, 5.41) is 0. The molecule has 0 atom stereocenters. The minimum atomic E-state index is 1.06. The number of aryl methyl sites for hydroxylation is 1. The third-order valence-corrected chi connectivity index (χ3v) is 2.92. The molecule has 1 aromatic rings. The summed E-state index contributed by atoms with van der Waals surface area (Å²) in [5.41, 5.74) is 2.73. The zero-order valence-electron chi connectivity index (χ0n) is 7.95. The van der Waals surface area contributed by atoms with Gasteiger partial charge in [-0.3, -0.25) is 0 Å². The summed E-state index contributed by atoms with van der Waals surface area (Å²) in [5.74, 6) is 0. The van der Waals surface area contributed by atoms with E-state index in [0.717, 1.165) is 4.90 Å². The lowest BCUT2D eigenvalue weighted by molar-refractivity contribution is 0.949. The first-order valence-corrected chi connectivity index (χ1v) is 5.26. The van der Waals surface area contributed by atoms with Crippen molar-refractivity contribution in [1.29, 1.82) is 0 Å². The molecule has 1 aromatic carbocycles. The number of thiol groups is 1. The first-order valence-electron chi connectivity index (χ1n) is 4.82. The van der Waals surface area contributed by atoms with Gasteiger partial charge in [-0.2, -0.15) is 0 Å². The van der Waals surface area contributed by atoms with E-state index in [2.05, 4.69) is 42.7 Å². The van der Waals surface area contributed by atoms with Gasteiger partial charge in [-0.1, -0.05) is 6.07 Å². The van der Waals surface area contributed by atoms with Gasteiger partial charge in [-0.15, -0.1) is 12.6 Å². The van der Waals surface area contributed by atoms with Crippen LogP contribution in [0.5, 0.6) is 0 Å². The molecule has 0 aromatic heterocycles. The van der Waals surface area contributed by atoms with E-state index >= 15 is 0 Å². The highest BCUT2D eigenvalue weighted by atomic mass is 32.1. The Kier molecular flexibility index (Phi) is 2.49. The van der Waals surface area contributed by atoms with Gasteiger partial charge in [-0.25, -0.2) is 0 Å². The zero-order chi connectivity index (χ0) is 9.26. The first-order chi connectivity index (χ1) is 6.27. The molecule has 70 valence electrons. The van der Waals surface area contributed by atoms with Crippen molar-refractivity contribution in [2.45, 2.75) is 24.7 Å². The Balaban J connectivity index is 2.32. The smallest absolute Gasteiger partial charge is 0.0407 e. The van der Waals surface area contributed by atoms with Crippen molar-refractivity contribution in [3.05, 3.63) is 23.8 Å². The molecular formula is C11H15NS. The fourth-order valence-electron chi connectivity index (χ4n) is 1.90. The van der Waals surface area contributed by atoms with Crippen molar-refractivity contribution in [2.24, 2.45) is 0 Å². The molecule has 2 rings (SSSR count). The van der Waals surface area contributed by atoms with Crippen LogP contribution in [-0.2, 0) is 0 Å². The average Bonchev–Trinajstić information content (AvgIpc) is 2.61. The molecular weight excluding hydrogens is 178 g/mol. The second kappa shape index (κ2) is 3.62. The number of rotatable bonds is 1. The third-order valence-electron chi connectivity index (χ3n) is 2.64. The van der Waals surface area contributed by atoms with Crippen LogP contribution in [0.15, 0.2) is 23.1 Å². The van der Waals surface area contributed by atoms with Crippen LogP contribution in [0.25, 0.3) is 0 Å². The summed E-state index contributed by atoms with van der Waals surface area (Å²) in [4.78, 5) is 3.52. The monoisotopic (exact) mass is 193 g/mol. The molecule has 1 nitrogen and oxygen atoms in total. The Hall–Kier alpha value is -0.630. The average molecular weight is 193 g/mol. The van der Waals surface area contributed by atoms with E-state index in [9.17, 15) is 0 Å². The van der Waals surface area contributed by atoms with Crippen LogP contribution in [-0.4, -0.2) is 13.1 Å². The molecule has 0 saturated carbocycles. The van der Waals surface area contributed by atoms with Gasteiger partial charge in [0, 0.05) is 23.7 Å². The van der Waals surface area contributed by atoms with E-state index in [-0.39, 0.29) is 0 Å². The minimum Gasteiger partial charge on any atom is -0.371 e. The molecule has 0 amide bonds. The van der Waals surface area contributed by atoms with Crippen molar-refractivity contribution >= 4 is 18.3 Å². The standard InChI is InChI=1S/C11H15NS/c1-9-4-5-10(13)8-11(9)12-6-2-3-7-12/h4-5,8,13H,2-3,6-7H2,1H3. The summed E-state index contributed by atoms with van der Waals surface area (Å²) >= 11 is 4.37. The van der Waals surface area contributed by atoms with Crippen molar-refractivity contribution < 1.29 is 0 Å². The molecule has 1 aliphatic heterocycles. The summed E-state index contributed by atoms with van der Waals surface area (Å²) in [7, 11) is 0. The van der Waals surface area contributed by atoms with Crippen molar-refractivity contribution in [3.8, 4) is 0 Å². The van der Waals surface area contributed by atoms with E-state index in [1.54, 1.807) is 0 Å². The van der Waals surface area contributed by atoms with Gasteiger partial charge in [0.05, 0.1) is 0 Å². The number of nitrogens with zero attached hydrogens (tertiary/aromatic N) is 1. The maximum atomic E-state index is 4.37. The molecule has 2 heteroatoms. The van der Waals surface area contributed by atoms with Gasteiger partial charge in [0.15, 0.2) is 0 Å².